The first-order valence-corrected chi connectivity index (χ1v) is 9.08. The van der Waals surface area contributed by atoms with E-state index in [1.807, 2.05) is 11.5 Å². The monoisotopic (exact) mass is 344 g/mol. The summed E-state index contributed by atoms with van der Waals surface area (Å²) in [5.41, 5.74) is 14.5. The van der Waals surface area contributed by atoms with Gasteiger partial charge in [0.1, 0.15) is 0 Å². The Morgan fingerprint density at radius 2 is 2.00 bits per heavy atom. The van der Waals surface area contributed by atoms with E-state index in [4.69, 9.17) is 11.5 Å². The number of pyridine rings is 1. The van der Waals surface area contributed by atoms with Crippen LogP contribution in [-0.2, 0) is 6.54 Å². The summed E-state index contributed by atoms with van der Waals surface area (Å²) in [5.74, 6) is 0.142. The van der Waals surface area contributed by atoms with Gasteiger partial charge in [0.25, 0.3) is 5.56 Å². The molecule has 1 aliphatic carbocycles. The van der Waals surface area contributed by atoms with Crippen LogP contribution in [0.4, 0.5) is 10.1 Å². The molecule has 1 atom stereocenters. The summed E-state index contributed by atoms with van der Waals surface area (Å²) in [5, 5.41) is 0.766. The minimum absolute atomic E-state index is 0.0140. The molecule has 1 saturated heterocycles. The number of hydrogen-bond donors (Lipinski definition) is 2. The Morgan fingerprint density at radius 1 is 1.24 bits per heavy atom. The summed E-state index contributed by atoms with van der Waals surface area (Å²) in [6.07, 6.45) is 2.97. The third-order valence-corrected chi connectivity index (χ3v) is 5.69. The molecular formula is C19H25FN4O. The Labute approximate surface area is 146 Å². The third kappa shape index (κ3) is 2.55. The van der Waals surface area contributed by atoms with E-state index in [9.17, 15) is 4.79 Å². The molecule has 0 radical (unpaired) electrons. The van der Waals surface area contributed by atoms with Crippen molar-refractivity contribution in [3.05, 3.63) is 39.4 Å². The number of rotatable bonds is 4. The van der Waals surface area contributed by atoms with Gasteiger partial charge in [0.15, 0.2) is 5.82 Å². The summed E-state index contributed by atoms with van der Waals surface area (Å²) >= 11 is 0. The molecule has 0 bridgehead atoms. The molecule has 25 heavy (non-hydrogen) atoms. The van der Waals surface area contributed by atoms with Gasteiger partial charge in [-0.25, -0.2) is 4.39 Å². The number of aryl methyl sites for hydroxylation is 1. The van der Waals surface area contributed by atoms with Crippen molar-refractivity contribution in [2.24, 2.45) is 17.4 Å². The summed E-state index contributed by atoms with van der Waals surface area (Å²) in [7, 11) is 0. The summed E-state index contributed by atoms with van der Waals surface area (Å²) in [6.45, 7) is 4.20. The zero-order valence-electron chi connectivity index (χ0n) is 14.6. The standard InChI is InChI=1S/C19H25FN4O/c1-11-18-14(4-5-16(25)24(18)13-2-3-13)15(9-22)17(20)19(11)23-7-6-12(8-21)10-23/h4-5,12-13H,2-3,6-10,21-22H2,1H3. The highest BCUT2D eigenvalue weighted by Crippen LogP contribution is 2.41. The van der Waals surface area contributed by atoms with Gasteiger partial charge in [-0.3, -0.25) is 4.79 Å². The van der Waals surface area contributed by atoms with Crippen LogP contribution >= 0.6 is 0 Å². The molecule has 2 aromatic rings. The van der Waals surface area contributed by atoms with Crippen LogP contribution in [0.3, 0.4) is 0 Å². The molecule has 4 N–H and O–H groups in total. The van der Waals surface area contributed by atoms with Crippen LogP contribution in [0.25, 0.3) is 10.9 Å². The second-order valence-corrected chi connectivity index (χ2v) is 7.34. The first-order chi connectivity index (χ1) is 12.1. The van der Waals surface area contributed by atoms with Gasteiger partial charge < -0.3 is 20.9 Å². The summed E-state index contributed by atoms with van der Waals surface area (Å²) < 4.78 is 17.2. The minimum atomic E-state index is -0.244. The number of halogens is 1. The summed E-state index contributed by atoms with van der Waals surface area (Å²) in [4.78, 5) is 14.6. The maximum Gasteiger partial charge on any atom is 0.251 e. The van der Waals surface area contributed by atoms with Crippen molar-refractivity contribution in [2.45, 2.75) is 38.8 Å². The zero-order chi connectivity index (χ0) is 17.7. The van der Waals surface area contributed by atoms with Crippen molar-refractivity contribution >= 4 is 16.6 Å². The number of nitrogens with two attached hydrogens (primary N) is 2. The summed E-state index contributed by atoms with van der Waals surface area (Å²) in [6, 6.07) is 3.50. The lowest BCUT2D eigenvalue weighted by Gasteiger charge is -2.26. The topological polar surface area (TPSA) is 77.3 Å². The van der Waals surface area contributed by atoms with E-state index in [2.05, 4.69) is 4.90 Å². The fraction of sp³-hybridized carbons (Fsp3) is 0.526. The average molecular weight is 344 g/mol. The third-order valence-electron chi connectivity index (χ3n) is 5.69. The van der Waals surface area contributed by atoms with Gasteiger partial charge >= 0.3 is 0 Å². The molecule has 2 aliphatic rings. The fourth-order valence-corrected chi connectivity index (χ4v) is 4.22. The lowest BCUT2D eigenvalue weighted by atomic mass is 10.00. The molecule has 5 nitrogen and oxygen atoms in total. The van der Waals surface area contributed by atoms with Crippen molar-refractivity contribution in [1.29, 1.82) is 0 Å². The van der Waals surface area contributed by atoms with E-state index in [0.717, 1.165) is 48.8 Å². The van der Waals surface area contributed by atoms with E-state index >= 15 is 4.39 Å². The molecule has 0 amide bonds. The highest BCUT2D eigenvalue weighted by molar-refractivity contribution is 5.91. The van der Waals surface area contributed by atoms with Gasteiger partial charge in [0.05, 0.1) is 11.2 Å². The first kappa shape index (κ1) is 16.5. The van der Waals surface area contributed by atoms with Crippen molar-refractivity contribution in [2.75, 3.05) is 24.5 Å². The van der Waals surface area contributed by atoms with Gasteiger partial charge in [-0.15, -0.1) is 0 Å². The van der Waals surface area contributed by atoms with E-state index < -0.39 is 0 Å². The van der Waals surface area contributed by atoms with Crippen molar-refractivity contribution in [1.82, 2.24) is 4.57 Å². The molecular weight excluding hydrogens is 319 g/mol. The molecule has 1 aliphatic heterocycles. The molecule has 6 heteroatoms. The number of nitrogens with zero attached hydrogens (tertiary/aromatic N) is 2. The van der Waals surface area contributed by atoms with Crippen molar-refractivity contribution in [3.8, 4) is 0 Å². The SMILES string of the molecule is Cc1c(N2CCC(CN)C2)c(F)c(CN)c2ccc(=O)n(C3CC3)c12. The number of fused-ring (bicyclic) bond motifs is 1. The Balaban J connectivity index is 2.00. The van der Waals surface area contributed by atoms with Gasteiger partial charge in [0, 0.05) is 42.7 Å². The van der Waals surface area contributed by atoms with Crippen molar-refractivity contribution in [3.63, 3.8) is 0 Å². The number of aromatic nitrogens is 1. The Morgan fingerprint density at radius 3 is 2.60 bits per heavy atom. The first-order valence-electron chi connectivity index (χ1n) is 9.08. The maximum absolute atomic E-state index is 15.4. The van der Waals surface area contributed by atoms with E-state index in [-0.39, 0.29) is 24.0 Å². The van der Waals surface area contributed by atoms with Crippen LogP contribution in [0.1, 0.15) is 36.4 Å². The predicted octanol–water partition coefficient (Wildman–Crippen LogP) is 2.03. The van der Waals surface area contributed by atoms with Crippen LogP contribution in [0.2, 0.25) is 0 Å². The number of anilines is 1. The molecule has 1 unspecified atom stereocenters. The maximum atomic E-state index is 15.4. The van der Waals surface area contributed by atoms with Crippen molar-refractivity contribution < 1.29 is 4.39 Å². The van der Waals surface area contributed by atoms with Crippen LogP contribution in [0.15, 0.2) is 16.9 Å². The number of hydrogen-bond acceptors (Lipinski definition) is 4. The Hall–Kier alpha value is -1.92. The van der Waals surface area contributed by atoms with Crippen LogP contribution in [0.5, 0.6) is 0 Å². The van der Waals surface area contributed by atoms with E-state index in [0.29, 0.717) is 23.7 Å². The molecule has 1 saturated carbocycles. The number of benzene rings is 1. The average Bonchev–Trinajstić information content (AvgIpc) is 3.33. The molecule has 134 valence electrons. The molecule has 1 aromatic heterocycles. The molecule has 1 aromatic carbocycles. The van der Waals surface area contributed by atoms with Crippen LogP contribution in [0, 0.1) is 18.7 Å². The van der Waals surface area contributed by atoms with Gasteiger partial charge in [-0.2, -0.15) is 0 Å². The van der Waals surface area contributed by atoms with E-state index in [1.165, 1.54) is 0 Å². The fourth-order valence-electron chi connectivity index (χ4n) is 4.22. The Kier molecular flexibility index (Phi) is 4.04. The molecule has 4 rings (SSSR count). The minimum Gasteiger partial charge on any atom is -0.369 e. The van der Waals surface area contributed by atoms with Gasteiger partial charge in [-0.05, 0) is 50.3 Å². The lowest BCUT2D eigenvalue weighted by molar-refractivity contribution is 0.593. The highest BCUT2D eigenvalue weighted by Gasteiger charge is 2.31. The van der Waals surface area contributed by atoms with Gasteiger partial charge in [-0.1, -0.05) is 0 Å². The van der Waals surface area contributed by atoms with Crippen LogP contribution in [-0.4, -0.2) is 24.2 Å². The largest absolute Gasteiger partial charge is 0.369 e. The molecule has 2 fully saturated rings. The second kappa shape index (κ2) is 6.11. The molecule has 0 spiro atoms. The Bertz CT molecular complexity index is 887. The van der Waals surface area contributed by atoms with E-state index in [1.54, 1.807) is 12.1 Å². The normalized spacial score (nSPS) is 20.6. The van der Waals surface area contributed by atoms with Crippen LogP contribution < -0.4 is 21.9 Å². The lowest BCUT2D eigenvalue weighted by Crippen LogP contribution is -2.26. The second-order valence-electron chi connectivity index (χ2n) is 7.34. The van der Waals surface area contributed by atoms with Gasteiger partial charge in [0.2, 0.25) is 0 Å². The molecule has 2 heterocycles. The zero-order valence-corrected chi connectivity index (χ0v) is 14.6. The highest BCUT2D eigenvalue weighted by atomic mass is 19.1. The predicted molar refractivity (Wildman–Crippen MR) is 98.4 cm³/mol. The quantitative estimate of drug-likeness (QED) is 0.890. The smallest absolute Gasteiger partial charge is 0.251 e.